The molecule has 0 aliphatic carbocycles. The van der Waals surface area contributed by atoms with E-state index in [0.717, 1.165) is 16.9 Å². The highest BCUT2D eigenvalue weighted by Crippen LogP contribution is 2.16. The third kappa shape index (κ3) is 5.02. The SMILES string of the molecule is COc1ccc(CNC(=S)NNC(=O)c2ccc(-c3nnco3)cc2)cc1. The van der Waals surface area contributed by atoms with Gasteiger partial charge in [0.1, 0.15) is 5.75 Å². The van der Waals surface area contributed by atoms with Gasteiger partial charge in [0, 0.05) is 17.7 Å². The lowest BCUT2D eigenvalue weighted by Gasteiger charge is -2.12. The molecule has 0 unspecified atom stereocenters. The molecule has 27 heavy (non-hydrogen) atoms. The second-order valence-electron chi connectivity index (χ2n) is 5.43. The number of hydrogen-bond donors (Lipinski definition) is 3. The normalized spacial score (nSPS) is 10.1. The summed E-state index contributed by atoms with van der Waals surface area (Å²) in [4.78, 5) is 12.2. The topological polar surface area (TPSA) is 101 Å². The first-order chi connectivity index (χ1) is 13.2. The van der Waals surface area contributed by atoms with Crippen molar-refractivity contribution in [3.05, 3.63) is 66.1 Å². The van der Waals surface area contributed by atoms with E-state index in [4.69, 9.17) is 21.4 Å². The lowest BCUT2D eigenvalue weighted by Crippen LogP contribution is -2.46. The van der Waals surface area contributed by atoms with E-state index >= 15 is 0 Å². The van der Waals surface area contributed by atoms with E-state index in [0.29, 0.717) is 23.1 Å². The van der Waals surface area contributed by atoms with Gasteiger partial charge in [-0.1, -0.05) is 12.1 Å². The summed E-state index contributed by atoms with van der Waals surface area (Å²) in [6, 6.07) is 14.4. The average Bonchev–Trinajstić information content (AvgIpc) is 3.26. The zero-order valence-electron chi connectivity index (χ0n) is 14.4. The summed E-state index contributed by atoms with van der Waals surface area (Å²) in [7, 11) is 1.62. The lowest BCUT2D eigenvalue weighted by atomic mass is 10.1. The van der Waals surface area contributed by atoms with E-state index in [1.807, 2.05) is 24.3 Å². The number of nitrogens with zero attached hydrogens (tertiary/aromatic N) is 2. The van der Waals surface area contributed by atoms with E-state index in [2.05, 4.69) is 26.4 Å². The minimum absolute atomic E-state index is 0.307. The van der Waals surface area contributed by atoms with Crippen LogP contribution in [0.1, 0.15) is 15.9 Å². The number of thiocarbonyl (C=S) groups is 1. The fourth-order valence-electron chi connectivity index (χ4n) is 2.22. The van der Waals surface area contributed by atoms with Crippen molar-refractivity contribution >= 4 is 23.2 Å². The van der Waals surface area contributed by atoms with E-state index < -0.39 is 0 Å². The second kappa shape index (κ2) is 8.77. The summed E-state index contributed by atoms with van der Waals surface area (Å²) in [5, 5.41) is 10.7. The van der Waals surface area contributed by atoms with Crippen LogP contribution in [-0.4, -0.2) is 28.3 Å². The summed E-state index contributed by atoms with van der Waals surface area (Å²) in [6.07, 6.45) is 1.25. The van der Waals surface area contributed by atoms with Crippen molar-refractivity contribution in [1.29, 1.82) is 0 Å². The van der Waals surface area contributed by atoms with Gasteiger partial charge >= 0.3 is 0 Å². The number of nitrogens with one attached hydrogen (secondary N) is 3. The first-order valence-corrected chi connectivity index (χ1v) is 8.40. The second-order valence-corrected chi connectivity index (χ2v) is 5.84. The van der Waals surface area contributed by atoms with Gasteiger partial charge in [0.05, 0.1) is 7.11 Å². The van der Waals surface area contributed by atoms with Crippen molar-refractivity contribution < 1.29 is 13.9 Å². The van der Waals surface area contributed by atoms with E-state index in [9.17, 15) is 4.79 Å². The Morgan fingerprint density at radius 2 is 1.85 bits per heavy atom. The van der Waals surface area contributed by atoms with Crippen LogP contribution in [0, 0.1) is 0 Å². The van der Waals surface area contributed by atoms with Gasteiger partial charge in [0.2, 0.25) is 12.3 Å². The Morgan fingerprint density at radius 3 is 2.48 bits per heavy atom. The molecule has 8 nitrogen and oxygen atoms in total. The van der Waals surface area contributed by atoms with E-state index in [1.54, 1.807) is 31.4 Å². The Balaban J connectivity index is 1.45. The quantitative estimate of drug-likeness (QED) is 0.455. The van der Waals surface area contributed by atoms with Crippen molar-refractivity contribution in [2.75, 3.05) is 7.11 Å². The number of carbonyl (C=O) groups excluding carboxylic acids is 1. The van der Waals surface area contributed by atoms with Gasteiger partial charge in [-0.2, -0.15) is 0 Å². The third-order valence-electron chi connectivity index (χ3n) is 3.66. The average molecular weight is 383 g/mol. The molecule has 0 saturated heterocycles. The molecule has 1 aromatic heterocycles. The standard InChI is InChI=1S/C18H17N5O3S/c1-25-15-8-2-12(3-9-15)10-19-18(27)23-21-16(24)13-4-6-14(7-5-13)17-22-20-11-26-17/h2-9,11H,10H2,1H3,(H,21,24)(H2,19,23,27). The van der Waals surface area contributed by atoms with Crippen LogP contribution in [0.4, 0.5) is 0 Å². The third-order valence-corrected chi connectivity index (χ3v) is 3.90. The molecule has 1 heterocycles. The fourth-order valence-corrected chi connectivity index (χ4v) is 2.34. The van der Waals surface area contributed by atoms with Gasteiger partial charge in [0.15, 0.2) is 5.11 Å². The fraction of sp³-hybridized carbons (Fsp3) is 0.111. The summed E-state index contributed by atoms with van der Waals surface area (Å²) in [5.74, 6) is 0.862. The zero-order valence-corrected chi connectivity index (χ0v) is 15.2. The van der Waals surface area contributed by atoms with Gasteiger partial charge in [-0.15, -0.1) is 10.2 Å². The molecule has 2 aromatic carbocycles. The molecular formula is C18H17N5O3S. The molecule has 0 aliphatic heterocycles. The molecule has 0 fully saturated rings. The first-order valence-electron chi connectivity index (χ1n) is 7.99. The molecule has 3 rings (SSSR count). The van der Waals surface area contributed by atoms with Crippen LogP contribution >= 0.6 is 12.2 Å². The summed E-state index contributed by atoms with van der Waals surface area (Å²) in [6.45, 7) is 0.518. The van der Waals surface area contributed by atoms with Crippen molar-refractivity contribution in [1.82, 2.24) is 26.4 Å². The molecule has 0 aliphatic rings. The molecule has 0 saturated carbocycles. The van der Waals surface area contributed by atoms with Crippen molar-refractivity contribution in [2.24, 2.45) is 0 Å². The molecule has 0 bridgehead atoms. The molecule has 1 amide bonds. The van der Waals surface area contributed by atoms with E-state index in [1.165, 1.54) is 6.39 Å². The molecular weight excluding hydrogens is 366 g/mol. The highest BCUT2D eigenvalue weighted by Gasteiger charge is 2.08. The van der Waals surface area contributed by atoms with Crippen LogP contribution in [0.5, 0.6) is 5.75 Å². The highest BCUT2D eigenvalue weighted by atomic mass is 32.1. The van der Waals surface area contributed by atoms with Crippen molar-refractivity contribution in [2.45, 2.75) is 6.54 Å². The first kappa shape index (κ1) is 18.3. The number of amides is 1. The highest BCUT2D eigenvalue weighted by molar-refractivity contribution is 7.80. The Bertz CT molecular complexity index is 896. The van der Waals surface area contributed by atoms with Gasteiger partial charge in [-0.3, -0.25) is 15.6 Å². The summed E-state index contributed by atoms with van der Waals surface area (Å²) < 4.78 is 10.2. The number of carbonyl (C=O) groups is 1. The maximum atomic E-state index is 12.2. The Hall–Kier alpha value is -3.46. The smallest absolute Gasteiger partial charge is 0.269 e. The summed E-state index contributed by atoms with van der Waals surface area (Å²) >= 11 is 5.16. The van der Waals surface area contributed by atoms with Crippen molar-refractivity contribution in [3.8, 4) is 17.2 Å². The van der Waals surface area contributed by atoms with Gasteiger partial charge < -0.3 is 14.5 Å². The van der Waals surface area contributed by atoms with Gasteiger partial charge in [0.25, 0.3) is 5.91 Å². The number of methoxy groups -OCH3 is 1. The van der Waals surface area contributed by atoms with Crippen LogP contribution in [-0.2, 0) is 6.54 Å². The molecule has 9 heteroatoms. The minimum Gasteiger partial charge on any atom is -0.497 e. The number of hydrazine groups is 1. The number of benzene rings is 2. The number of ether oxygens (including phenoxy) is 1. The maximum Gasteiger partial charge on any atom is 0.269 e. The Morgan fingerprint density at radius 1 is 1.11 bits per heavy atom. The molecule has 0 atom stereocenters. The van der Waals surface area contributed by atoms with Crippen molar-refractivity contribution in [3.63, 3.8) is 0 Å². The number of hydrogen-bond acceptors (Lipinski definition) is 6. The maximum absolute atomic E-state index is 12.2. The molecule has 3 N–H and O–H groups in total. The molecule has 0 radical (unpaired) electrons. The summed E-state index contributed by atoms with van der Waals surface area (Å²) in [5.41, 5.74) is 7.44. The van der Waals surface area contributed by atoms with E-state index in [-0.39, 0.29) is 5.91 Å². The molecule has 0 spiro atoms. The largest absolute Gasteiger partial charge is 0.497 e. The van der Waals surface area contributed by atoms with Crippen LogP contribution < -0.4 is 20.9 Å². The number of aromatic nitrogens is 2. The van der Waals surface area contributed by atoms with Crippen LogP contribution in [0.15, 0.2) is 59.3 Å². The Labute approximate surface area is 160 Å². The predicted molar refractivity (Wildman–Crippen MR) is 103 cm³/mol. The molecule has 138 valence electrons. The molecule has 3 aromatic rings. The zero-order chi connectivity index (χ0) is 19.1. The van der Waals surface area contributed by atoms with Gasteiger partial charge in [-0.05, 0) is 54.2 Å². The monoisotopic (exact) mass is 383 g/mol. The van der Waals surface area contributed by atoms with Crippen LogP contribution in [0.25, 0.3) is 11.5 Å². The van der Waals surface area contributed by atoms with Gasteiger partial charge in [-0.25, -0.2) is 0 Å². The Kier molecular flexibility index (Phi) is 5.95. The lowest BCUT2D eigenvalue weighted by molar-refractivity contribution is 0.0943. The van der Waals surface area contributed by atoms with Crippen LogP contribution in [0.2, 0.25) is 0 Å². The number of rotatable bonds is 5. The minimum atomic E-state index is -0.319. The van der Waals surface area contributed by atoms with Crippen LogP contribution in [0.3, 0.4) is 0 Å². The predicted octanol–water partition coefficient (Wildman–Crippen LogP) is 2.05.